The van der Waals surface area contributed by atoms with Crippen molar-refractivity contribution in [3.8, 4) is 0 Å². The summed E-state index contributed by atoms with van der Waals surface area (Å²) in [5.41, 5.74) is 0. The summed E-state index contributed by atoms with van der Waals surface area (Å²) in [7, 11) is 0. The largest absolute Gasteiger partial charge is 0.315 e. The number of nitrogens with one attached hydrogen (secondary N) is 1. The third-order valence-electron chi connectivity index (χ3n) is 4.34. The van der Waals surface area contributed by atoms with Crippen LogP contribution >= 0.6 is 0 Å². The molecule has 3 unspecified atom stereocenters. The maximum atomic E-state index is 3.50. The van der Waals surface area contributed by atoms with E-state index in [0.29, 0.717) is 6.04 Å². The summed E-state index contributed by atoms with van der Waals surface area (Å²) in [6.45, 7) is 15.4. The highest BCUT2D eigenvalue weighted by atomic mass is 15.2. The highest BCUT2D eigenvalue weighted by Crippen LogP contribution is 2.24. The molecule has 0 aromatic heterocycles. The molecular formula is C15H32N2. The summed E-state index contributed by atoms with van der Waals surface area (Å²) in [6.07, 6.45) is 4.02. The van der Waals surface area contributed by atoms with Gasteiger partial charge >= 0.3 is 0 Å². The molecule has 3 atom stereocenters. The number of hydrogen-bond donors (Lipinski definition) is 1. The van der Waals surface area contributed by atoms with E-state index >= 15 is 0 Å². The number of nitrogens with zero attached hydrogens (tertiary/aromatic N) is 1. The van der Waals surface area contributed by atoms with E-state index in [4.69, 9.17) is 0 Å². The molecule has 1 saturated heterocycles. The van der Waals surface area contributed by atoms with Gasteiger partial charge in [0, 0.05) is 18.6 Å². The van der Waals surface area contributed by atoms with Crippen LogP contribution in [-0.4, -0.2) is 36.6 Å². The van der Waals surface area contributed by atoms with Gasteiger partial charge in [-0.2, -0.15) is 0 Å². The molecule has 0 aromatic carbocycles. The van der Waals surface area contributed by atoms with Gasteiger partial charge in [-0.3, -0.25) is 0 Å². The Labute approximate surface area is 108 Å². The zero-order chi connectivity index (χ0) is 12.8. The molecule has 2 nitrogen and oxygen atoms in total. The first-order chi connectivity index (χ1) is 8.00. The molecule has 2 heteroatoms. The van der Waals surface area contributed by atoms with E-state index in [1.165, 1.54) is 38.9 Å². The predicted octanol–water partition coefficient (Wildman–Crippen LogP) is 3.13. The van der Waals surface area contributed by atoms with Gasteiger partial charge in [-0.15, -0.1) is 0 Å². The van der Waals surface area contributed by atoms with Crippen molar-refractivity contribution in [3.05, 3.63) is 0 Å². The van der Waals surface area contributed by atoms with E-state index in [1.54, 1.807) is 0 Å². The van der Waals surface area contributed by atoms with Crippen molar-refractivity contribution in [3.63, 3.8) is 0 Å². The molecule has 0 saturated carbocycles. The van der Waals surface area contributed by atoms with Crippen molar-refractivity contribution in [1.29, 1.82) is 0 Å². The average molecular weight is 240 g/mol. The fourth-order valence-electron chi connectivity index (χ4n) is 2.67. The van der Waals surface area contributed by atoms with Gasteiger partial charge in [0.2, 0.25) is 0 Å². The molecule has 1 fully saturated rings. The zero-order valence-corrected chi connectivity index (χ0v) is 12.5. The lowest BCUT2D eigenvalue weighted by Gasteiger charge is -2.39. The third kappa shape index (κ3) is 5.39. The second-order valence-electron chi connectivity index (χ2n) is 6.34. The second-order valence-corrected chi connectivity index (χ2v) is 6.34. The van der Waals surface area contributed by atoms with Crippen LogP contribution in [0.4, 0.5) is 0 Å². The lowest BCUT2D eigenvalue weighted by molar-refractivity contribution is 0.0977. The number of rotatable bonds is 6. The topological polar surface area (TPSA) is 15.3 Å². The zero-order valence-electron chi connectivity index (χ0n) is 12.5. The number of hydrogen-bond acceptors (Lipinski definition) is 2. The van der Waals surface area contributed by atoms with Crippen LogP contribution in [0.25, 0.3) is 0 Å². The molecule has 1 aliphatic rings. The van der Waals surface area contributed by atoms with Crippen LogP contribution in [-0.2, 0) is 0 Å². The average Bonchev–Trinajstić information content (AvgIpc) is 2.27. The van der Waals surface area contributed by atoms with Gasteiger partial charge in [0.25, 0.3) is 0 Å². The first-order valence-corrected chi connectivity index (χ1v) is 7.48. The first-order valence-electron chi connectivity index (χ1n) is 7.48. The molecule has 0 amide bonds. The Morgan fingerprint density at radius 2 is 1.88 bits per heavy atom. The van der Waals surface area contributed by atoms with Crippen LogP contribution in [0.15, 0.2) is 0 Å². The standard InChI is InChI=1S/C15H32N2/c1-12(2)16-9-6-7-15(5)17-10-8-13(3)14(4)11-17/h12-16H,6-11H2,1-5H3. The molecule has 1 N–H and O–H groups in total. The van der Waals surface area contributed by atoms with E-state index in [0.717, 1.165) is 17.9 Å². The van der Waals surface area contributed by atoms with Crippen molar-refractivity contribution >= 4 is 0 Å². The number of likely N-dealkylation sites (tertiary alicyclic amines) is 1. The van der Waals surface area contributed by atoms with Crippen LogP contribution in [0, 0.1) is 11.8 Å². The van der Waals surface area contributed by atoms with Crippen molar-refractivity contribution < 1.29 is 0 Å². The number of piperidine rings is 1. The summed E-state index contributed by atoms with van der Waals surface area (Å²) >= 11 is 0. The maximum absolute atomic E-state index is 3.50. The monoisotopic (exact) mass is 240 g/mol. The Bertz CT molecular complexity index is 203. The van der Waals surface area contributed by atoms with E-state index in [2.05, 4.69) is 44.8 Å². The molecule has 0 spiro atoms. The van der Waals surface area contributed by atoms with E-state index < -0.39 is 0 Å². The molecule has 1 rings (SSSR count). The quantitative estimate of drug-likeness (QED) is 0.718. The molecule has 0 radical (unpaired) electrons. The van der Waals surface area contributed by atoms with Crippen LogP contribution in [0.1, 0.15) is 53.9 Å². The van der Waals surface area contributed by atoms with E-state index in [9.17, 15) is 0 Å². The summed E-state index contributed by atoms with van der Waals surface area (Å²) in [4.78, 5) is 2.69. The molecule has 0 bridgehead atoms. The Morgan fingerprint density at radius 3 is 2.47 bits per heavy atom. The van der Waals surface area contributed by atoms with Gasteiger partial charge in [-0.25, -0.2) is 0 Å². The lowest BCUT2D eigenvalue weighted by Crippen LogP contribution is -2.43. The Morgan fingerprint density at radius 1 is 1.18 bits per heavy atom. The third-order valence-corrected chi connectivity index (χ3v) is 4.34. The molecular weight excluding hydrogens is 208 g/mol. The van der Waals surface area contributed by atoms with Gasteiger partial charge in [-0.1, -0.05) is 27.7 Å². The summed E-state index contributed by atoms with van der Waals surface area (Å²) in [5, 5.41) is 3.50. The van der Waals surface area contributed by atoms with Gasteiger partial charge in [0.15, 0.2) is 0 Å². The normalized spacial score (nSPS) is 28.6. The summed E-state index contributed by atoms with van der Waals surface area (Å²) < 4.78 is 0. The lowest BCUT2D eigenvalue weighted by atomic mass is 9.88. The Balaban J connectivity index is 2.17. The molecule has 102 valence electrons. The van der Waals surface area contributed by atoms with Crippen LogP contribution in [0.3, 0.4) is 0 Å². The highest BCUT2D eigenvalue weighted by molar-refractivity contribution is 4.78. The minimum Gasteiger partial charge on any atom is -0.315 e. The van der Waals surface area contributed by atoms with Crippen molar-refractivity contribution in [2.75, 3.05) is 19.6 Å². The van der Waals surface area contributed by atoms with E-state index in [-0.39, 0.29) is 0 Å². The SMILES string of the molecule is CC(C)NCCCC(C)N1CCC(C)C(C)C1. The van der Waals surface area contributed by atoms with Crippen LogP contribution in [0.5, 0.6) is 0 Å². The molecule has 1 aliphatic heterocycles. The van der Waals surface area contributed by atoms with Crippen molar-refractivity contribution in [1.82, 2.24) is 10.2 Å². The Hall–Kier alpha value is -0.0800. The highest BCUT2D eigenvalue weighted by Gasteiger charge is 2.25. The molecule has 0 aliphatic carbocycles. The minimum absolute atomic E-state index is 0.626. The molecule has 1 heterocycles. The van der Waals surface area contributed by atoms with Gasteiger partial charge in [0.05, 0.1) is 0 Å². The smallest absolute Gasteiger partial charge is 0.00675 e. The predicted molar refractivity (Wildman–Crippen MR) is 76.4 cm³/mol. The van der Waals surface area contributed by atoms with Crippen molar-refractivity contribution in [2.45, 2.75) is 66.0 Å². The van der Waals surface area contributed by atoms with E-state index in [1.807, 2.05) is 0 Å². The van der Waals surface area contributed by atoms with Crippen molar-refractivity contribution in [2.24, 2.45) is 11.8 Å². The summed E-state index contributed by atoms with van der Waals surface area (Å²) in [5.74, 6) is 1.79. The molecule has 17 heavy (non-hydrogen) atoms. The second kappa shape index (κ2) is 7.38. The summed E-state index contributed by atoms with van der Waals surface area (Å²) in [6, 6.07) is 1.39. The van der Waals surface area contributed by atoms with Gasteiger partial charge in [-0.05, 0) is 51.1 Å². The Kier molecular flexibility index (Phi) is 6.50. The van der Waals surface area contributed by atoms with Gasteiger partial charge < -0.3 is 10.2 Å². The van der Waals surface area contributed by atoms with Gasteiger partial charge in [0.1, 0.15) is 0 Å². The fraction of sp³-hybridized carbons (Fsp3) is 1.00. The van der Waals surface area contributed by atoms with Crippen LogP contribution in [0.2, 0.25) is 0 Å². The van der Waals surface area contributed by atoms with Crippen LogP contribution < -0.4 is 5.32 Å². The molecule has 0 aromatic rings. The fourth-order valence-corrected chi connectivity index (χ4v) is 2.67. The first kappa shape index (κ1) is 15.0. The minimum atomic E-state index is 0.626. The maximum Gasteiger partial charge on any atom is 0.00675 e.